The molecule has 1 nitrogen and oxygen atoms in total. The van der Waals surface area contributed by atoms with Gasteiger partial charge in [0, 0.05) is 0 Å². The second kappa shape index (κ2) is 9.00. The van der Waals surface area contributed by atoms with Gasteiger partial charge in [-0.05, 0) is 6.92 Å². The number of hydrogen-bond acceptors (Lipinski definition) is 1. The molecule has 6 heteroatoms. The van der Waals surface area contributed by atoms with Crippen molar-refractivity contribution in [1.82, 2.24) is 0 Å². The Labute approximate surface area is 72.2 Å². The predicted octanol–water partition coefficient (Wildman–Crippen LogP) is 2.63. The third kappa shape index (κ3) is 97.8. The van der Waals surface area contributed by atoms with Crippen LogP contribution in [0.3, 0.4) is 0 Å². The van der Waals surface area contributed by atoms with Gasteiger partial charge in [0.25, 0.3) is 0 Å². The van der Waals surface area contributed by atoms with Crippen molar-refractivity contribution in [2.24, 2.45) is 0 Å². The van der Waals surface area contributed by atoms with Gasteiger partial charge in [-0.3, -0.25) is 0 Å². The molecule has 0 aromatic carbocycles. The van der Waals surface area contributed by atoms with Gasteiger partial charge in [-0.25, -0.2) is 0 Å². The first-order valence-corrected chi connectivity index (χ1v) is 11.6. The summed E-state index contributed by atoms with van der Waals surface area (Å²) in [5.74, 6) is 0. The number of aliphatic hydroxyl groups excluding tert-OH is 1. The molecule has 0 radical (unpaired) electrons. The van der Waals surface area contributed by atoms with Crippen LogP contribution >= 0.6 is 37.1 Å². The number of alkyl halides is 1. The summed E-state index contributed by atoms with van der Waals surface area (Å²) in [5.41, 5.74) is -0.694. The Balaban J connectivity index is 0. The molecule has 0 aromatic heterocycles. The molecular formula is C2H5Cl4OZr. The molecule has 0 heterocycles. The van der Waals surface area contributed by atoms with Crippen LogP contribution in [-0.2, 0) is 18.2 Å². The molecule has 1 atom stereocenters. The summed E-state index contributed by atoms with van der Waals surface area (Å²) in [6, 6.07) is 0. The molecule has 0 rings (SSSR count). The second-order valence-corrected chi connectivity index (χ2v) is 12.6. The van der Waals surface area contributed by atoms with Gasteiger partial charge < -0.3 is 5.11 Å². The summed E-state index contributed by atoms with van der Waals surface area (Å²) >= 11 is 2.70. The van der Waals surface area contributed by atoms with E-state index in [2.05, 4.69) is 0 Å². The van der Waals surface area contributed by atoms with E-state index in [0.29, 0.717) is 0 Å². The van der Waals surface area contributed by atoms with Crippen LogP contribution in [0, 0.1) is 0 Å². The van der Waals surface area contributed by atoms with E-state index in [-0.39, 0.29) is 0 Å². The molecule has 0 amide bonds. The van der Waals surface area contributed by atoms with Crippen molar-refractivity contribution in [2.75, 3.05) is 0 Å². The molecule has 51 valence electrons. The van der Waals surface area contributed by atoms with Gasteiger partial charge >= 0.3 is 43.7 Å². The number of hydrogen-bond donors (Lipinski definition) is 1. The van der Waals surface area contributed by atoms with Gasteiger partial charge in [0.1, 0.15) is 5.56 Å². The van der Waals surface area contributed by atoms with E-state index in [1.807, 2.05) is 0 Å². The summed E-state index contributed by atoms with van der Waals surface area (Å²) in [4.78, 5) is 0. The molecule has 1 unspecified atom stereocenters. The maximum absolute atomic E-state index is 7.82. The van der Waals surface area contributed by atoms with Crippen LogP contribution in [0.1, 0.15) is 6.92 Å². The van der Waals surface area contributed by atoms with Gasteiger partial charge in [0.15, 0.2) is 0 Å². The molecule has 0 bridgehead atoms. The second-order valence-electron chi connectivity index (χ2n) is 0.788. The molecule has 8 heavy (non-hydrogen) atoms. The molecule has 0 aromatic rings. The predicted molar refractivity (Wildman–Crippen MR) is 35.1 cm³/mol. The zero-order valence-electron chi connectivity index (χ0n) is 4.04. The van der Waals surface area contributed by atoms with Crippen molar-refractivity contribution < 1.29 is 23.3 Å². The summed E-state index contributed by atoms with van der Waals surface area (Å²) in [6.07, 6.45) is 0. The third-order valence-corrected chi connectivity index (χ3v) is 0. The van der Waals surface area contributed by atoms with Gasteiger partial charge in [0.2, 0.25) is 0 Å². The summed E-state index contributed by atoms with van der Waals surface area (Å²) in [7, 11) is 15.0. The average molecular weight is 278 g/mol. The van der Waals surface area contributed by atoms with Crippen LogP contribution in [0.5, 0.6) is 0 Å². The van der Waals surface area contributed by atoms with E-state index in [0.717, 1.165) is 0 Å². The fraction of sp³-hybridized carbons (Fsp3) is 1.00. The van der Waals surface area contributed by atoms with Crippen molar-refractivity contribution in [3.05, 3.63) is 0 Å². The van der Waals surface area contributed by atoms with Crippen molar-refractivity contribution in [3.8, 4) is 0 Å². The minimum absolute atomic E-state index is 0.694. The van der Waals surface area contributed by atoms with Crippen LogP contribution in [0.25, 0.3) is 0 Å². The van der Waals surface area contributed by atoms with Crippen LogP contribution in [0.15, 0.2) is 0 Å². The fourth-order valence-electron chi connectivity index (χ4n) is 0. The molecule has 0 aliphatic carbocycles. The maximum atomic E-state index is 7.82. The first-order chi connectivity index (χ1) is 3.46. The number of halogens is 4. The Morgan fingerprint density at radius 2 is 1.38 bits per heavy atom. The zero-order chi connectivity index (χ0) is 7.15. The van der Waals surface area contributed by atoms with Crippen molar-refractivity contribution in [3.63, 3.8) is 0 Å². The number of rotatable bonds is 0. The Hall–Kier alpha value is 2.00. The van der Waals surface area contributed by atoms with Crippen molar-refractivity contribution in [1.29, 1.82) is 0 Å². The fourth-order valence-corrected chi connectivity index (χ4v) is 0. The number of aliphatic hydroxyl groups is 1. The molecule has 0 spiro atoms. The van der Waals surface area contributed by atoms with Gasteiger partial charge in [0.05, 0.1) is 0 Å². The van der Waals surface area contributed by atoms with E-state index in [1.165, 1.54) is 6.92 Å². The molecule has 0 saturated carbocycles. The van der Waals surface area contributed by atoms with Gasteiger partial charge in [-0.2, -0.15) is 0 Å². The first kappa shape index (κ1) is 12.7. The topological polar surface area (TPSA) is 20.2 Å². The van der Waals surface area contributed by atoms with E-state index < -0.39 is 23.7 Å². The monoisotopic (exact) mass is 275 g/mol. The van der Waals surface area contributed by atoms with Gasteiger partial charge in [-0.15, -0.1) is 0 Å². The van der Waals surface area contributed by atoms with E-state index >= 15 is 0 Å². The first-order valence-electron chi connectivity index (χ1n) is 1.62. The van der Waals surface area contributed by atoms with Crippen LogP contribution in [-0.4, -0.2) is 10.7 Å². The van der Waals surface area contributed by atoms with Crippen LogP contribution in [0.2, 0.25) is 0 Å². The van der Waals surface area contributed by atoms with Crippen molar-refractivity contribution in [2.45, 2.75) is 12.5 Å². The van der Waals surface area contributed by atoms with Gasteiger partial charge in [-0.1, -0.05) is 11.6 Å². The van der Waals surface area contributed by atoms with Crippen molar-refractivity contribution >= 4 is 37.1 Å². The molecule has 0 fully saturated rings. The average Bonchev–Trinajstić information content (AvgIpc) is 1.25. The Kier molecular flexibility index (Phi) is 14.2. The summed E-state index contributed by atoms with van der Waals surface area (Å²) in [5, 5.41) is 7.82. The molecule has 0 saturated heterocycles. The Morgan fingerprint density at radius 1 is 1.38 bits per heavy atom. The Morgan fingerprint density at radius 3 is 1.38 bits per heavy atom. The normalized spacial score (nSPS) is 11.2. The summed E-state index contributed by atoms with van der Waals surface area (Å²) in [6.45, 7) is 1.49. The molecule has 0 aliphatic rings. The van der Waals surface area contributed by atoms with Crippen LogP contribution < -0.4 is 0 Å². The third-order valence-electron chi connectivity index (χ3n) is 0. The summed E-state index contributed by atoms with van der Waals surface area (Å²) < 4.78 is 0. The standard InChI is InChI=1S/C2H5ClO.3ClH.Zr/c1-2(3)4;;;;/h2,4H,1H3;3*1H;/q;;;;+3/p-3. The molecule has 1 N–H and O–H groups in total. The Bertz CT molecular complexity index is 29.5. The van der Waals surface area contributed by atoms with E-state index in [9.17, 15) is 0 Å². The molecular weight excluding hydrogens is 273 g/mol. The molecule has 0 aliphatic heterocycles. The minimum atomic E-state index is -2.13. The zero-order valence-corrected chi connectivity index (χ0v) is 9.52. The quantitative estimate of drug-likeness (QED) is 0.675. The van der Waals surface area contributed by atoms with E-state index in [1.54, 1.807) is 0 Å². The van der Waals surface area contributed by atoms with E-state index in [4.69, 9.17) is 42.2 Å². The van der Waals surface area contributed by atoms with Crippen LogP contribution in [0.4, 0.5) is 0 Å². The SMILES string of the molecule is CC(O)Cl.[Cl][Zr]([Cl])[Cl].